The lowest BCUT2D eigenvalue weighted by Crippen LogP contribution is -2.18. The Bertz CT molecular complexity index is 928. The van der Waals surface area contributed by atoms with Crippen LogP contribution in [-0.2, 0) is 6.18 Å². The second-order valence-corrected chi connectivity index (χ2v) is 4.96. The van der Waals surface area contributed by atoms with Gasteiger partial charge in [0.1, 0.15) is 17.1 Å². The van der Waals surface area contributed by atoms with Gasteiger partial charge >= 0.3 is 6.18 Å². The van der Waals surface area contributed by atoms with E-state index >= 15 is 0 Å². The van der Waals surface area contributed by atoms with Gasteiger partial charge in [0, 0.05) is 0 Å². The number of alkyl halides is 3. The van der Waals surface area contributed by atoms with Crippen LogP contribution in [0, 0.1) is 30.2 Å². The first-order valence-corrected chi connectivity index (χ1v) is 6.52. The number of imidazole rings is 1. The highest BCUT2D eigenvalue weighted by atomic mass is 19.4. The van der Waals surface area contributed by atoms with Gasteiger partial charge in [-0.3, -0.25) is 4.57 Å². The fourth-order valence-corrected chi connectivity index (χ4v) is 2.49. The zero-order valence-corrected chi connectivity index (χ0v) is 11.8. The summed E-state index contributed by atoms with van der Waals surface area (Å²) in [6, 6.07) is 5.89. The van der Waals surface area contributed by atoms with Gasteiger partial charge in [-0.15, -0.1) is 0 Å². The lowest BCUT2D eigenvalue weighted by atomic mass is 10.1. The maximum Gasteiger partial charge on any atom is 0.422 e. The average molecular weight is 348 g/mol. The highest BCUT2D eigenvalue weighted by Gasteiger charge is 2.42. The molecule has 0 aliphatic carbocycles. The molecule has 0 radical (unpaired) electrons. The van der Waals surface area contributed by atoms with E-state index in [4.69, 9.17) is 0 Å². The molecular weight excluding hydrogens is 341 g/mol. The molecular formula is C15H7F7N2. The van der Waals surface area contributed by atoms with Crippen LogP contribution in [-0.4, -0.2) is 9.55 Å². The van der Waals surface area contributed by atoms with E-state index in [1.807, 2.05) is 0 Å². The Balaban J connectivity index is 2.44. The van der Waals surface area contributed by atoms with Crippen LogP contribution in [0.3, 0.4) is 0 Å². The Morgan fingerprint density at radius 3 is 1.96 bits per heavy atom. The summed E-state index contributed by atoms with van der Waals surface area (Å²) >= 11 is 0. The molecule has 0 saturated carbocycles. The Labute approximate surface area is 130 Å². The number of fused-ring (bicyclic) bond motifs is 1. The van der Waals surface area contributed by atoms with Crippen LogP contribution in [0.2, 0.25) is 0 Å². The molecule has 2 nitrogen and oxygen atoms in total. The number of hydrogen-bond donors (Lipinski definition) is 0. The van der Waals surface area contributed by atoms with E-state index in [9.17, 15) is 30.7 Å². The zero-order chi connectivity index (χ0) is 17.8. The quantitative estimate of drug-likeness (QED) is 0.451. The Morgan fingerprint density at radius 2 is 1.42 bits per heavy atom. The van der Waals surface area contributed by atoms with Crippen molar-refractivity contribution in [2.75, 3.05) is 0 Å². The van der Waals surface area contributed by atoms with Gasteiger partial charge in [0.15, 0.2) is 23.3 Å². The first kappa shape index (κ1) is 16.3. The standard InChI is InChI=1S/C15H7F7N2/c1-6-23-7-4-2-3-5-8(7)24(6)14-12(18)10(16)9(15(20,21)22)11(17)13(14)19/h2-5H,1H3. The number of hydrogen-bond acceptors (Lipinski definition) is 1. The summed E-state index contributed by atoms with van der Waals surface area (Å²) in [5.74, 6) is -9.35. The van der Waals surface area contributed by atoms with E-state index < -0.39 is 40.7 Å². The predicted octanol–water partition coefficient (Wildman–Crippen LogP) is 4.91. The van der Waals surface area contributed by atoms with Crippen LogP contribution in [0.5, 0.6) is 0 Å². The summed E-state index contributed by atoms with van der Waals surface area (Å²) in [6.45, 7) is 1.30. The summed E-state index contributed by atoms with van der Waals surface area (Å²) in [7, 11) is 0. The Hall–Kier alpha value is -2.58. The normalized spacial score (nSPS) is 12.2. The van der Waals surface area contributed by atoms with Crippen LogP contribution >= 0.6 is 0 Å². The van der Waals surface area contributed by atoms with Gasteiger partial charge < -0.3 is 0 Å². The number of benzene rings is 2. The number of nitrogens with zero attached hydrogens (tertiary/aromatic N) is 2. The fraction of sp³-hybridized carbons (Fsp3) is 0.133. The highest BCUT2D eigenvalue weighted by Crippen LogP contribution is 2.38. The summed E-state index contributed by atoms with van der Waals surface area (Å²) in [5.41, 5.74) is -3.55. The molecule has 1 heterocycles. The number of halogens is 7. The molecule has 0 N–H and O–H groups in total. The molecule has 1 aromatic heterocycles. The second-order valence-electron chi connectivity index (χ2n) is 4.96. The van der Waals surface area contributed by atoms with Crippen molar-refractivity contribution in [2.24, 2.45) is 0 Å². The van der Waals surface area contributed by atoms with Crippen molar-refractivity contribution >= 4 is 11.0 Å². The molecule has 9 heteroatoms. The number of para-hydroxylation sites is 2. The van der Waals surface area contributed by atoms with E-state index in [2.05, 4.69) is 4.98 Å². The summed E-state index contributed by atoms with van der Waals surface area (Å²) < 4.78 is 94.6. The number of rotatable bonds is 1. The third-order valence-electron chi connectivity index (χ3n) is 3.48. The summed E-state index contributed by atoms with van der Waals surface area (Å²) in [6.07, 6.45) is -5.58. The lowest BCUT2D eigenvalue weighted by molar-refractivity contribution is -0.143. The van der Waals surface area contributed by atoms with Gasteiger partial charge in [-0.25, -0.2) is 22.5 Å². The van der Waals surface area contributed by atoms with Gasteiger partial charge in [0.05, 0.1) is 11.0 Å². The van der Waals surface area contributed by atoms with Gasteiger partial charge in [-0.05, 0) is 19.1 Å². The minimum Gasteiger partial charge on any atom is -0.291 e. The van der Waals surface area contributed by atoms with E-state index in [1.165, 1.54) is 25.1 Å². The van der Waals surface area contributed by atoms with Crippen molar-refractivity contribution in [3.63, 3.8) is 0 Å². The molecule has 3 aromatic rings. The smallest absolute Gasteiger partial charge is 0.291 e. The molecule has 0 aliphatic heterocycles. The summed E-state index contributed by atoms with van der Waals surface area (Å²) in [4.78, 5) is 3.96. The van der Waals surface area contributed by atoms with E-state index in [0.29, 0.717) is 0 Å². The Kier molecular flexibility index (Phi) is 3.54. The van der Waals surface area contributed by atoms with Crippen molar-refractivity contribution in [3.05, 3.63) is 58.9 Å². The molecule has 0 aliphatic rings. The van der Waals surface area contributed by atoms with Crippen molar-refractivity contribution in [2.45, 2.75) is 13.1 Å². The van der Waals surface area contributed by atoms with Gasteiger partial charge in [-0.1, -0.05) is 12.1 Å². The van der Waals surface area contributed by atoms with Crippen molar-refractivity contribution in [3.8, 4) is 5.69 Å². The SMILES string of the molecule is Cc1nc2ccccc2n1-c1c(F)c(F)c(C(F)(F)F)c(F)c1F. The zero-order valence-electron chi connectivity index (χ0n) is 11.8. The van der Waals surface area contributed by atoms with Crippen LogP contribution in [0.1, 0.15) is 11.4 Å². The summed E-state index contributed by atoms with van der Waals surface area (Å²) in [5, 5.41) is 0. The predicted molar refractivity (Wildman–Crippen MR) is 70.6 cm³/mol. The number of aromatic nitrogens is 2. The van der Waals surface area contributed by atoms with Crippen molar-refractivity contribution in [1.82, 2.24) is 9.55 Å². The van der Waals surface area contributed by atoms with Crippen LogP contribution in [0.25, 0.3) is 16.7 Å². The molecule has 0 unspecified atom stereocenters. The third kappa shape index (κ3) is 2.22. The van der Waals surface area contributed by atoms with Gasteiger partial charge in [-0.2, -0.15) is 13.2 Å². The topological polar surface area (TPSA) is 17.8 Å². The highest BCUT2D eigenvalue weighted by molar-refractivity contribution is 5.78. The van der Waals surface area contributed by atoms with E-state index in [1.54, 1.807) is 6.07 Å². The van der Waals surface area contributed by atoms with Crippen molar-refractivity contribution < 1.29 is 30.7 Å². The lowest BCUT2D eigenvalue weighted by Gasteiger charge is -2.15. The second kappa shape index (κ2) is 5.22. The van der Waals surface area contributed by atoms with E-state index in [-0.39, 0.29) is 16.9 Å². The first-order chi connectivity index (χ1) is 11.1. The molecule has 126 valence electrons. The average Bonchev–Trinajstić information content (AvgIpc) is 2.81. The molecule has 0 amide bonds. The molecule has 0 bridgehead atoms. The molecule has 3 rings (SSSR count). The molecule has 0 spiro atoms. The fourth-order valence-electron chi connectivity index (χ4n) is 2.49. The molecule has 24 heavy (non-hydrogen) atoms. The van der Waals surface area contributed by atoms with Gasteiger partial charge in [0.25, 0.3) is 0 Å². The molecule has 0 atom stereocenters. The van der Waals surface area contributed by atoms with Crippen LogP contribution in [0.4, 0.5) is 30.7 Å². The largest absolute Gasteiger partial charge is 0.422 e. The van der Waals surface area contributed by atoms with Crippen molar-refractivity contribution in [1.29, 1.82) is 0 Å². The maximum atomic E-state index is 14.2. The van der Waals surface area contributed by atoms with Crippen LogP contribution < -0.4 is 0 Å². The molecule has 0 saturated heterocycles. The molecule has 2 aromatic carbocycles. The molecule has 0 fully saturated rings. The maximum absolute atomic E-state index is 14.2. The third-order valence-corrected chi connectivity index (χ3v) is 3.48. The number of aryl methyl sites for hydroxylation is 1. The Morgan fingerprint density at radius 1 is 0.875 bits per heavy atom. The van der Waals surface area contributed by atoms with Crippen LogP contribution in [0.15, 0.2) is 24.3 Å². The monoisotopic (exact) mass is 348 g/mol. The van der Waals surface area contributed by atoms with E-state index in [0.717, 1.165) is 4.57 Å². The minimum absolute atomic E-state index is 0.0486. The first-order valence-electron chi connectivity index (χ1n) is 6.52. The minimum atomic E-state index is -5.58. The van der Waals surface area contributed by atoms with Gasteiger partial charge in [0.2, 0.25) is 0 Å².